The number of nitrogens with one attached hydrogen (secondary N) is 1. The monoisotopic (exact) mass is 245 g/mol. The van der Waals surface area contributed by atoms with Crippen LogP contribution in [0.25, 0.3) is 0 Å². The van der Waals surface area contributed by atoms with Gasteiger partial charge in [0.05, 0.1) is 6.04 Å². The Morgan fingerprint density at radius 1 is 1.18 bits per heavy atom. The van der Waals surface area contributed by atoms with Crippen molar-refractivity contribution in [2.24, 2.45) is 0 Å². The van der Waals surface area contributed by atoms with Crippen molar-refractivity contribution >= 4 is 0 Å². The molecule has 4 heteroatoms. The largest absolute Gasteiger partial charge is 0.312 e. The average molecular weight is 245 g/mol. The van der Waals surface area contributed by atoms with E-state index >= 15 is 0 Å². The molecule has 1 aliphatic rings. The molecule has 1 saturated carbocycles. The number of rotatable bonds is 1. The molecule has 96 valence electrons. The van der Waals surface area contributed by atoms with Gasteiger partial charge >= 0.3 is 0 Å². The molecule has 1 N–H and O–H groups in total. The summed E-state index contributed by atoms with van der Waals surface area (Å²) in [6.45, 7) is 0. The van der Waals surface area contributed by atoms with E-state index in [-0.39, 0.29) is 12.2 Å². The number of hydrogen-bond acceptors (Lipinski definition) is 1. The third kappa shape index (κ3) is 4.77. The zero-order chi connectivity index (χ0) is 12.7. The molecule has 1 aromatic rings. The molecule has 17 heavy (non-hydrogen) atoms. The minimum absolute atomic E-state index is 0.0541. The lowest BCUT2D eigenvalue weighted by Gasteiger charge is -2.30. The average Bonchev–Trinajstić information content (AvgIpc) is 2.30. The quantitative estimate of drug-likeness (QED) is 0.797. The summed E-state index contributed by atoms with van der Waals surface area (Å²) >= 11 is 0. The van der Waals surface area contributed by atoms with Crippen LogP contribution in [0.1, 0.15) is 25.7 Å². The van der Waals surface area contributed by atoms with E-state index in [1.54, 1.807) is 25.2 Å². The summed E-state index contributed by atoms with van der Waals surface area (Å²) in [6.07, 6.45) is 2.27. The lowest BCUT2D eigenvalue weighted by molar-refractivity contribution is -0.0612. The maximum atomic E-state index is 12.8. The summed E-state index contributed by atoms with van der Waals surface area (Å²) in [7, 11) is 1.60. The topological polar surface area (TPSA) is 12.0 Å². The number of alkyl halides is 2. The van der Waals surface area contributed by atoms with Gasteiger partial charge in [-0.25, -0.2) is 13.2 Å². The molecule has 0 aromatic heterocycles. The van der Waals surface area contributed by atoms with Crippen molar-refractivity contribution in [2.75, 3.05) is 7.05 Å². The summed E-state index contributed by atoms with van der Waals surface area (Å²) in [5.41, 5.74) is 0. The standard InChI is InChI=1S/C7H13F2N.C6H5F/c1-10-6-4-2-3-5-7(6,8)9;7-6-4-2-1-3-5-6/h6,10H,2-5H2,1H3;1-5H. The van der Waals surface area contributed by atoms with Crippen molar-refractivity contribution in [3.05, 3.63) is 36.1 Å². The predicted molar refractivity (Wildman–Crippen MR) is 62.7 cm³/mol. The lowest BCUT2D eigenvalue weighted by Crippen LogP contribution is -2.45. The molecule has 0 amide bonds. The van der Waals surface area contributed by atoms with Crippen LogP contribution in [0.15, 0.2) is 30.3 Å². The van der Waals surface area contributed by atoms with Crippen LogP contribution in [0.4, 0.5) is 13.2 Å². The van der Waals surface area contributed by atoms with Gasteiger partial charge in [-0.1, -0.05) is 24.6 Å². The van der Waals surface area contributed by atoms with Crippen LogP contribution in [-0.4, -0.2) is 19.0 Å². The van der Waals surface area contributed by atoms with E-state index in [4.69, 9.17) is 0 Å². The van der Waals surface area contributed by atoms with Crippen molar-refractivity contribution in [3.63, 3.8) is 0 Å². The van der Waals surface area contributed by atoms with Gasteiger partial charge in [0, 0.05) is 6.42 Å². The second-order valence-electron chi connectivity index (χ2n) is 4.14. The Morgan fingerprint density at radius 2 is 1.82 bits per heavy atom. The predicted octanol–water partition coefficient (Wildman–Crippen LogP) is 3.61. The van der Waals surface area contributed by atoms with Gasteiger partial charge in [0.15, 0.2) is 0 Å². The van der Waals surface area contributed by atoms with E-state index < -0.39 is 12.0 Å². The summed E-state index contributed by atoms with van der Waals surface area (Å²) in [5, 5.41) is 2.64. The van der Waals surface area contributed by atoms with E-state index in [1.165, 1.54) is 12.1 Å². The zero-order valence-electron chi connectivity index (χ0n) is 9.93. The Bertz CT molecular complexity index is 314. The van der Waals surface area contributed by atoms with Crippen LogP contribution in [-0.2, 0) is 0 Å². The first-order valence-electron chi connectivity index (χ1n) is 5.82. The highest BCUT2D eigenvalue weighted by Crippen LogP contribution is 2.32. The van der Waals surface area contributed by atoms with E-state index in [0.29, 0.717) is 12.8 Å². The fourth-order valence-corrected chi connectivity index (χ4v) is 1.86. The number of benzene rings is 1. The Labute approximate surface area is 100 Å². The molecule has 1 fully saturated rings. The summed E-state index contributed by atoms with van der Waals surface area (Å²) < 4.78 is 37.5. The first kappa shape index (κ1) is 14.0. The highest BCUT2D eigenvalue weighted by molar-refractivity contribution is 5.02. The SMILES string of the molecule is CNC1CCCCC1(F)F.Fc1ccccc1. The third-order valence-electron chi connectivity index (χ3n) is 2.84. The van der Waals surface area contributed by atoms with E-state index in [9.17, 15) is 13.2 Å². The van der Waals surface area contributed by atoms with Crippen molar-refractivity contribution in [1.82, 2.24) is 5.32 Å². The van der Waals surface area contributed by atoms with Gasteiger partial charge < -0.3 is 5.32 Å². The van der Waals surface area contributed by atoms with Gasteiger partial charge in [-0.05, 0) is 32.0 Å². The third-order valence-corrected chi connectivity index (χ3v) is 2.84. The van der Waals surface area contributed by atoms with Crippen LogP contribution in [0.2, 0.25) is 0 Å². The van der Waals surface area contributed by atoms with Crippen molar-refractivity contribution in [2.45, 2.75) is 37.6 Å². The van der Waals surface area contributed by atoms with Crippen molar-refractivity contribution in [3.8, 4) is 0 Å². The first-order chi connectivity index (χ1) is 8.06. The maximum absolute atomic E-state index is 12.8. The second kappa shape index (κ2) is 6.64. The van der Waals surface area contributed by atoms with Crippen LogP contribution < -0.4 is 5.32 Å². The molecule has 1 unspecified atom stereocenters. The molecule has 0 saturated heterocycles. The van der Waals surface area contributed by atoms with E-state index in [1.807, 2.05) is 0 Å². The maximum Gasteiger partial charge on any atom is 0.263 e. The highest BCUT2D eigenvalue weighted by atomic mass is 19.3. The molecule has 1 aromatic carbocycles. The van der Waals surface area contributed by atoms with E-state index in [0.717, 1.165) is 6.42 Å². The Morgan fingerprint density at radius 3 is 2.18 bits per heavy atom. The minimum atomic E-state index is -2.47. The number of halogens is 3. The molecule has 2 rings (SSSR count). The van der Waals surface area contributed by atoms with Gasteiger partial charge in [0.1, 0.15) is 5.82 Å². The second-order valence-corrected chi connectivity index (χ2v) is 4.14. The smallest absolute Gasteiger partial charge is 0.263 e. The molecule has 0 bridgehead atoms. The first-order valence-corrected chi connectivity index (χ1v) is 5.82. The normalized spacial score (nSPS) is 22.5. The highest BCUT2D eigenvalue weighted by Gasteiger charge is 2.40. The Hall–Kier alpha value is -1.03. The molecule has 0 radical (unpaired) electrons. The zero-order valence-corrected chi connectivity index (χ0v) is 9.93. The van der Waals surface area contributed by atoms with Gasteiger partial charge in [-0.3, -0.25) is 0 Å². The minimum Gasteiger partial charge on any atom is -0.312 e. The van der Waals surface area contributed by atoms with Gasteiger partial charge in [0.2, 0.25) is 0 Å². The number of hydrogen-bond donors (Lipinski definition) is 1. The van der Waals surface area contributed by atoms with Crippen molar-refractivity contribution < 1.29 is 13.2 Å². The molecule has 1 aliphatic carbocycles. The summed E-state index contributed by atoms with van der Waals surface area (Å²) in [4.78, 5) is 0. The molecule has 1 atom stereocenters. The summed E-state index contributed by atoms with van der Waals surface area (Å²) in [5.74, 6) is -2.64. The Kier molecular flexibility index (Phi) is 5.48. The molecule has 0 aliphatic heterocycles. The molecule has 1 nitrogen and oxygen atoms in total. The van der Waals surface area contributed by atoms with Gasteiger partial charge in [0.25, 0.3) is 5.92 Å². The summed E-state index contributed by atoms with van der Waals surface area (Å²) in [6, 6.07) is 7.36. The fraction of sp³-hybridized carbons (Fsp3) is 0.538. The molecule has 0 spiro atoms. The molecular formula is C13H18F3N. The van der Waals surface area contributed by atoms with Crippen LogP contribution in [0.3, 0.4) is 0 Å². The van der Waals surface area contributed by atoms with Crippen LogP contribution in [0.5, 0.6) is 0 Å². The molecule has 0 heterocycles. The van der Waals surface area contributed by atoms with Crippen LogP contribution in [0, 0.1) is 5.82 Å². The van der Waals surface area contributed by atoms with Crippen molar-refractivity contribution in [1.29, 1.82) is 0 Å². The van der Waals surface area contributed by atoms with E-state index in [2.05, 4.69) is 5.32 Å². The van der Waals surface area contributed by atoms with Gasteiger partial charge in [-0.2, -0.15) is 0 Å². The van der Waals surface area contributed by atoms with Crippen LogP contribution >= 0.6 is 0 Å². The lowest BCUT2D eigenvalue weighted by atomic mass is 9.92. The fourth-order valence-electron chi connectivity index (χ4n) is 1.86. The Balaban J connectivity index is 0.000000181. The van der Waals surface area contributed by atoms with Gasteiger partial charge in [-0.15, -0.1) is 0 Å². The molecular weight excluding hydrogens is 227 g/mol.